The van der Waals surface area contributed by atoms with Crippen molar-refractivity contribution in [2.75, 3.05) is 17.7 Å². The molecule has 1 heterocycles. The van der Waals surface area contributed by atoms with Crippen LogP contribution in [-0.2, 0) is 20.9 Å². The van der Waals surface area contributed by atoms with Gasteiger partial charge in [0.25, 0.3) is 5.91 Å². The zero-order chi connectivity index (χ0) is 20.6. The molecule has 1 amide bonds. The number of rotatable bonds is 8. The maximum Gasteiger partial charge on any atom is 0.316 e. The van der Waals surface area contributed by atoms with Gasteiger partial charge in [-0.1, -0.05) is 60.3 Å². The van der Waals surface area contributed by atoms with Crippen LogP contribution in [0.4, 0.5) is 5.69 Å². The average Bonchev–Trinajstić information content (AvgIpc) is 3.16. The van der Waals surface area contributed by atoms with Crippen molar-refractivity contribution >= 4 is 29.3 Å². The summed E-state index contributed by atoms with van der Waals surface area (Å²) in [5.74, 6) is -0.0611. The number of esters is 1. The zero-order valence-electron chi connectivity index (χ0n) is 16.3. The Morgan fingerprint density at radius 3 is 2.52 bits per heavy atom. The van der Waals surface area contributed by atoms with Crippen molar-refractivity contribution in [3.05, 3.63) is 60.2 Å². The zero-order valence-corrected chi connectivity index (χ0v) is 17.1. The summed E-state index contributed by atoms with van der Waals surface area (Å²) in [7, 11) is 0. The second kappa shape index (κ2) is 9.88. The molecule has 0 aliphatic rings. The Kier molecular flexibility index (Phi) is 7.02. The van der Waals surface area contributed by atoms with E-state index in [0.717, 1.165) is 17.0 Å². The van der Waals surface area contributed by atoms with Crippen LogP contribution in [-0.4, -0.2) is 39.0 Å². The molecular formula is C21H22N4O3S. The number of hydrogen-bond donors (Lipinski definition) is 1. The summed E-state index contributed by atoms with van der Waals surface area (Å²) >= 11 is 1.24. The first kappa shape index (κ1) is 20.6. The SMILES string of the molecule is CCn1c(SCC(=O)OCC(=O)Nc2ccccc2C)nnc1-c1ccccc1. The molecule has 3 aromatic rings. The number of thioether (sulfide) groups is 1. The summed E-state index contributed by atoms with van der Waals surface area (Å²) < 4.78 is 7.02. The summed E-state index contributed by atoms with van der Waals surface area (Å²) in [4.78, 5) is 24.0. The first-order valence-corrected chi connectivity index (χ1v) is 10.2. The minimum Gasteiger partial charge on any atom is -0.455 e. The number of hydrogen-bond acceptors (Lipinski definition) is 6. The largest absolute Gasteiger partial charge is 0.455 e. The van der Waals surface area contributed by atoms with Crippen LogP contribution in [0.5, 0.6) is 0 Å². The average molecular weight is 410 g/mol. The third-order valence-corrected chi connectivity index (χ3v) is 5.11. The lowest BCUT2D eigenvalue weighted by atomic mass is 10.2. The van der Waals surface area contributed by atoms with E-state index in [4.69, 9.17) is 4.74 Å². The van der Waals surface area contributed by atoms with E-state index in [0.29, 0.717) is 17.4 Å². The topological polar surface area (TPSA) is 86.1 Å². The van der Waals surface area contributed by atoms with E-state index < -0.39 is 5.97 Å². The first-order chi connectivity index (χ1) is 14.1. The molecule has 0 aliphatic carbocycles. The smallest absolute Gasteiger partial charge is 0.316 e. The number of amides is 1. The molecule has 29 heavy (non-hydrogen) atoms. The number of benzene rings is 2. The van der Waals surface area contributed by atoms with Gasteiger partial charge in [0.15, 0.2) is 17.6 Å². The van der Waals surface area contributed by atoms with Gasteiger partial charge >= 0.3 is 5.97 Å². The van der Waals surface area contributed by atoms with Gasteiger partial charge < -0.3 is 14.6 Å². The van der Waals surface area contributed by atoms with Crippen LogP contribution in [0, 0.1) is 6.92 Å². The van der Waals surface area contributed by atoms with E-state index in [-0.39, 0.29) is 18.3 Å². The predicted octanol–water partition coefficient (Wildman–Crippen LogP) is 3.55. The number of nitrogens with one attached hydrogen (secondary N) is 1. The van der Waals surface area contributed by atoms with E-state index in [2.05, 4.69) is 15.5 Å². The van der Waals surface area contributed by atoms with Gasteiger partial charge in [-0.05, 0) is 25.5 Å². The van der Waals surface area contributed by atoms with Crippen molar-refractivity contribution < 1.29 is 14.3 Å². The van der Waals surface area contributed by atoms with Gasteiger partial charge in [-0.2, -0.15) is 0 Å². The van der Waals surface area contributed by atoms with Crippen LogP contribution < -0.4 is 5.32 Å². The molecule has 3 rings (SSSR count). The Hall–Kier alpha value is -3.13. The maximum atomic E-state index is 12.0. The molecule has 0 unspecified atom stereocenters. The molecule has 1 aromatic heterocycles. The Balaban J connectivity index is 1.51. The standard InChI is InChI=1S/C21H22N4O3S/c1-3-25-20(16-10-5-4-6-11-16)23-24-21(25)29-14-19(27)28-13-18(26)22-17-12-8-7-9-15(17)2/h4-12H,3,13-14H2,1-2H3,(H,22,26). The molecule has 8 heteroatoms. The van der Waals surface area contributed by atoms with E-state index in [9.17, 15) is 9.59 Å². The Bertz CT molecular complexity index is 989. The molecule has 150 valence electrons. The molecule has 2 aromatic carbocycles. The number of ether oxygens (including phenoxy) is 1. The second-order valence-electron chi connectivity index (χ2n) is 6.23. The van der Waals surface area contributed by atoms with E-state index >= 15 is 0 Å². The molecule has 0 radical (unpaired) electrons. The normalized spacial score (nSPS) is 10.6. The van der Waals surface area contributed by atoms with Gasteiger partial charge in [-0.3, -0.25) is 9.59 Å². The number of nitrogens with zero attached hydrogens (tertiary/aromatic N) is 3. The third kappa shape index (κ3) is 5.45. The number of carbonyl (C=O) groups excluding carboxylic acids is 2. The van der Waals surface area contributed by atoms with E-state index in [1.54, 1.807) is 6.07 Å². The molecule has 0 saturated heterocycles. The quantitative estimate of drug-likeness (QED) is 0.451. The molecule has 1 N–H and O–H groups in total. The highest BCUT2D eigenvalue weighted by Gasteiger charge is 2.15. The highest BCUT2D eigenvalue weighted by Crippen LogP contribution is 2.23. The Morgan fingerprint density at radius 1 is 1.07 bits per heavy atom. The minimum absolute atomic E-state index is 0.0462. The molecule has 0 saturated carbocycles. The van der Waals surface area contributed by atoms with Crippen LogP contribution >= 0.6 is 11.8 Å². The van der Waals surface area contributed by atoms with Gasteiger partial charge in [-0.25, -0.2) is 0 Å². The number of para-hydroxylation sites is 1. The van der Waals surface area contributed by atoms with E-state index in [1.165, 1.54) is 11.8 Å². The second-order valence-corrected chi connectivity index (χ2v) is 7.17. The summed E-state index contributed by atoms with van der Waals surface area (Å²) in [5, 5.41) is 11.8. The van der Waals surface area contributed by atoms with Crippen LogP contribution in [0.25, 0.3) is 11.4 Å². The van der Waals surface area contributed by atoms with Crippen molar-refractivity contribution in [1.82, 2.24) is 14.8 Å². The van der Waals surface area contributed by atoms with Crippen LogP contribution in [0.3, 0.4) is 0 Å². The first-order valence-electron chi connectivity index (χ1n) is 9.21. The van der Waals surface area contributed by atoms with Crippen molar-refractivity contribution in [2.45, 2.75) is 25.5 Å². The molecule has 0 spiro atoms. The number of aryl methyl sites for hydroxylation is 1. The van der Waals surface area contributed by atoms with Gasteiger partial charge in [0.1, 0.15) is 0 Å². The molecule has 7 nitrogen and oxygen atoms in total. The maximum absolute atomic E-state index is 12.0. The lowest BCUT2D eigenvalue weighted by Crippen LogP contribution is -2.22. The van der Waals surface area contributed by atoms with Crippen LogP contribution in [0.1, 0.15) is 12.5 Å². The molecule has 0 bridgehead atoms. The van der Waals surface area contributed by atoms with Crippen LogP contribution in [0.2, 0.25) is 0 Å². The minimum atomic E-state index is -0.484. The van der Waals surface area contributed by atoms with Crippen LogP contribution in [0.15, 0.2) is 59.8 Å². The third-order valence-electron chi connectivity index (χ3n) is 4.17. The van der Waals surface area contributed by atoms with Crippen molar-refractivity contribution in [1.29, 1.82) is 0 Å². The summed E-state index contributed by atoms with van der Waals surface area (Å²) in [5.41, 5.74) is 2.60. The highest BCUT2D eigenvalue weighted by atomic mass is 32.2. The number of aromatic nitrogens is 3. The lowest BCUT2D eigenvalue weighted by molar-refractivity contribution is -0.144. The summed E-state index contributed by atoms with van der Waals surface area (Å²) in [6, 6.07) is 17.2. The molecule has 0 atom stereocenters. The van der Waals surface area contributed by atoms with Gasteiger partial charge in [0.2, 0.25) is 0 Å². The molecular weight excluding hydrogens is 388 g/mol. The van der Waals surface area contributed by atoms with Crippen molar-refractivity contribution in [2.24, 2.45) is 0 Å². The van der Waals surface area contributed by atoms with E-state index in [1.807, 2.05) is 66.9 Å². The number of anilines is 1. The van der Waals surface area contributed by atoms with Gasteiger partial charge in [0, 0.05) is 17.8 Å². The fourth-order valence-electron chi connectivity index (χ4n) is 2.69. The number of carbonyl (C=O) groups is 2. The monoisotopic (exact) mass is 410 g/mol. The highest BCUT2D eigenvalue weighted by molar-refractivity contribution is 7.99. The fourth-order valence-corrected chi connectivity index (χ4v) is 3.49. The fraction of sp³-hybridized carbons (Fsp3) is 0.238. The Morgan fingerprint density at radius 2 is 1.79 bits per heavy atom. The summed E-state index contributed by atoms with van der Waals surface area (Å²) in [6.07, 6.45) is 0. The Labute approximate surface area is 173 Å². The van der Waals surface area contributed by atoms with Crippen molar-refractivity contribution in [3.63, 3.8) is 0 Å². The predicted molar refractivity (Wildman–Crippen MR) is 113 cm³/mol. The van der Waals surface area contributed by atoms with Gasteiger partial charge in [0.05, 0.1) is 5.75 Å². The lowest BCUT2D eigenvalue weighted by Gasteiger charge is -2.09. The van der Waals surface area contributed by atoms with Gasteiger partial charge in [-0.15, -0.1) is 10.2 Å². The van der Waals surface area contributed by atoms with Crippen molar-refractivity contribution in [3.8, 4) is 11.4 Å². The summed E-state index contributed by atoms with van der Waals surface area (Å²) in [6.45, 7) is 4.23. The molecule has 0 fully saturated rings. The molecule has 0 aliphatic heterocycles.